The fourth-order valence-corrected chi connectivity index (χ4v) is 1.64. The zero-order chi connectivity index (χ0) is 12.8. The van der Waals surface area contributed by atoms with Crippen molar-refractivity contribution in [1.29, 1.82) is 0 Å². The molecule has 1 rings (SSSR count). The molecule has 0 saturated carbocycles. The molecule has 0 spiro atoms. The lowest BCUT2D eigenvalue weighted by molar-refractivity contribution is -0.119. The Balaban J connectivity index is 2.75. The molecule has 0 radical (unpaired) electrons. The molecule has 0 fully saturated rings. The van der Waals surface area contributed by atoms with Crippen LogP contribution in [0.5, 0.6) is 0 Å². The molecule has 0 aliphatic carbocycles. The zero-order valence-corrected chi connectivity index (χ0v) is 9.95. The Kier molecular flexibility index (Phi) is 5.06. The Morgan fingerprint density at radius 3 is 2.71 bits per heavy atom. The van der Waals surface area contributed by atoms with E-state index in [0.717, 1.165) is 5.56 Å². The van der Waals surface area contributed by atoms with E-state index >= 15 is 0 Å². The number of primary amides is 1. The smallest absolute Gasteiger partial charge is 0.231 e. The van der Waals surface area contributed by atoms with E-state index in [9.17, 15) is 9.18 Å². The number of carbonyl (C=O) groups is 1. The number of amides is 1. The lowest BCUT2D eigenvalue weighted by atomic mass is 10.1. The summed E-state index contributed by atoms with van der Waals surface area (Å²) in [6, 6.07) is 4.81. The van der Waals surface area contributed by atoms with E-state index in [1.165, 1.54) is 6.07 Å². The summed E-state index contributed by atoms with van der Waals surface area (Å²) in [6.45, 7) is 3.58. The van der Waals surface area contributed by atoms with E-state index in [1.54, 1.807) is 12.1 Å². The van der Waals surface area contributed by atoms with E-state index in [-0.39, 0.29) is 24.8 Å². The van der Waals surface area contributed by atoms with Gasteiger partial charge in [-0.3, -0.25) is 9.69 Å². The number of hydrogen-bond donors (Lipinski definition) is 2. The minimum atomic E-state index is -0.368. The van der Waals surface area contributed by atoms with Gasteiger partial charge in [-0.15, -0.1) is 0 Å². The van der Waals surface area contributed by atoms with E-state index in [1.807, 2.05) is 11.8 Å². The van der Waals surface area contributed by atoms with Crippen molar-refractivity contribution in [3.63, 3.8) is 0 Å². The summed E-state index contributed by atoms with van der Waals surface area (Å²) < 4.78 is 13.2. The highest BCUT2D eigenvalue weighted by Crippen LogP contribution is 2.12. The number of halogens is 1. The minimum absolute atomic E-state index is 0.168. The van der Waals surface area contributed by atoms with Crippen molar-refractivity contribution in [3.8, 4) is 0 Å². The van der Waals surface area contributed by atoms with Crippen LogP contribution in [-0.4, -0.2) is 23.9 Å². The number of nitrogens with zero attached hydrogens (tertiary/aromatic N) is 1. The van der Waals surface area contributed by atoms with Gasteiger partial charge in [-0.05, 0) is 18.2 Å². The lowest BCUT2D eigenvalue weighted by Gasteiger charge is -2.18. The van der Waals surface area contributed by atoms with Crippen LogP contribution < -0.4 is 11.5 Å². The highest BCUT2D eigenvalue weighted by atomic mass is 19.1. The third-order valence-corrected chi connectivity index (χ3v) is 2.56. The summed E-state index contributed by atoms with van der Waals surface area (Å²) in [6.07, 6.45) is 0. The largest absolute Gasteiger partial charge is 0.369 e. The van der Waals surface area contributed by atoms with Crippen LogP contribution in [0.25, 0.3) is 0 Å². The van der Waals surface area contributed by atoms with Crippen molar-refractivity contribution >= 4 is 5.91 Å². The normalized spacial score (nSPS) is 10.8. The molecule has 4 N–H and O–H groups in total. The van der Waals surface area contributed by atoms with Crippen LogP contribution in [0, 0.1) is 5.82 Å². The molecular weight excluding hydrogens is 221 g/mol. The second-order valence-corrected chi connectivity index (χ2v) is 3.90. The third-order valence-electron chi connectivity index (χ3n) is 2.56. The minimum Gasteiger partial charge on any atom is -0.369 e. The van der Waals surface area contributed by atoms with E-state index < -0.39 is 0 Å². The molecule has 0 saturated heterocycles. The van der Waals surface area contributed by atoms with Crippen molar-refractivity contribution < 1.29 is 9.18 Å². The number of rotatable bonds is 6. The van der Waals surface area contributed by atoms with Crippen molar-refractivity contribution in [3.05, 3.63) is 35.1 Å². The fourth-order valence-electron chi connectivity index (χ4n) is 1.64. The maximum Gasteiger partial charge on any atom is 0.231 e. The highest BCUT2D eigenvalue weighted by Gasteiger charge is 2.08. The summed E-state index contributed by atoms with van der Waals surface area (Å²) >= 11 is 0. The molecule has 0 aliphatic rings. The summed E-state index contributed by atoms with van der Waals surface area (Å²) in [7, 11) is 0. The molecule has 1 amide bonds. The van der Waals surface area contributed by atoms with Gasteiger partial charge in [-0.1, -0.05) is 19.1 Å². The van der Waals surface area contributed by atoms with Crippen molar-refractivity contribution in [1.82, 2.24) is 4.90 Å². The first-order valence-corrected chi connectivity index (χ1v) is 5.54. The summed E-state index contributed by atoms with van der Waals surface area (Å²) in [5, 5.41) is 0. The number of nitrogens with two attached hydrogens (primary N) is 2. The van der Waals surface area contributed by atoms with Gasteiger partial charge in [0.1, 0.15) is 5.82 Å². The maximum atomic E-state index is 13.2. The predicted octanol–water partition coefficient (Wildman–Crippen LogP) is 0.592. The van der Waals surface area contributed by atoms with Crippen LogP contribution in [-0.2, 0) is 17.9 Å². The Morgan fingerprint density at radius 2 is 2.18 bits per heavy atom. The average Bonchev–Trinajstić information content (AvgIpc) is 2.30. The Hall–Kier alpha value is -1.46. The van der Waals surface area contributed by atoms with Gasteiger partial charge in [0.2, 0.25) is 5.91 Å². The number of likely N-dealkylation sites (N-methyl/N-ethyl adjacent to an activating group) is 1. The molecule has 1 aromatic rings. The van der Waals surface area contributed by atoms with Crippen LogP contribution in [0.2, 0.25) is 0 Å². The maximum absolute atomic E-state index is 13.2. The SMILES string of the molecule is CCN(CC(N)=O)Cc1ccc(F)c(CN)c1. The van der Waals surface area contributed by atoms with E-state index in [4.69, 9.17) is 11.5 Å². The monoisotopic (exact) mass is 239 g/mol. The first-order valence-electron chi connectivity index (χ1n) is 5.54. The molecule has 0 aromatic heterocycles. The van der Waals surface area contributed by atoms with Crippen molar-refractivity contribution in [2.24, 2.45) is 11.5 Å². The summed E-state index contributed by atoms with van der Waals surface area (Å²) in [4.78, 5) is 12.7. The van der Waals surface area contributed by atoms with Crippen LogP contribution in [0.4, 0.5) is 4.39 Å². The first-order chi connectivity index (χ1) is 8.06. The van der Waals surface area contributed by atoms with Gasteiger partial charge in [-0.25, -0.2) is 4.39 Å². The third kappa shape index (κ3) is 4.13. The number of hydrogen-bond acceptors (Lipinski definition) is 3. The topological polar surface area (TPSA) is 72.3 Å². The molecule has 94 valence electrons. The number of carbonyl (C=O) groups excluding carboxylic acids is 1. The molecule has 0 heterocycles. The van der Waals surface area contributed by atoms with Crippen LogP contribution in [0.3, 0.4) is 0 Å². The number of benzene rings is 1. The van der Waals surface area contributed by atoms with Gasteiger partial charge in [0.05, 0.1) is 6.54 Å². The van der Waals surface area contributed by atoms with E-state index in [0.29, 0.717) is 18.7 Å². The Labute approximate surface area is 100 Å². The first kappa shape index (κ1) is 13.6. The van der Waals surface area contributed by atoms with Crippen LogP contribution in [0.1, 0.15) is 18.1 Å². The second-order valence-electron chi connectivity index (χ2n) is 3.90. The summed E-state index contributed by atoms with van der Waals surface area (Å²) in [5.41, 5.74) is 12.0. The van der Waals surface area contributed by atoms with E-state index in [2.05, 4.69) is 0 Å². The average molecular weight is 239 g/mol. The zero-order valence-electron chi connectivity index (χ0n) is 9.95. The quantitative estimate of drug-likeness (QED) is 0.763. The molecule has 0 atom stereocenters. The molecule has 0 unspecified atom stereocenters. The van der Waals surface area contributed by atoms with Gasteiger partial charge in [0.15, 0.2) is 0 Å². The molecule has 0 bridgehead atoms. The molecule has 4 nitrogen and oxygen atoms in total. The Bertz CT molecular complexity index is 395. The molecule has 17 heavy (non-hydrogen) atoms. The van der Waals surface area contributed by atoms with Gasteiger partial charge in [-0.2, -0.15) is 0 Å². The fraction of sp³-hybridized carbons (Fsp3) is 0.417. The lowest BCUT2D eigenvalue weighted by Crippen LogP contribution is -2.33. The van der Waals surface area contributed by atoms with Gasteiger partial charge >= 0.3 is 0 Å². The van der Waals surface area contributed by atoms with Crippen molar-refractivity contribution in [2.75, 3.05) is 13.1 Å². The second kappa shape index (κ2) is 6.32. The standard InChI is InChI=1S/C12H18FN3O/c1-2-16(8-12(15)17)7-9-3-4-11(13)10(5-9)6-14/h3-5H,2,6-8,14H2,1H3,(H2,15,17). The Morgan fingerprint density at radius 1 is 1.47 bits per heavy atom. The molecule has 1 aromatic carbocycles. The van der Waals surface area contributed by atoms with Gasteiger partial charge in [0, 0.05) is 18.7 Å². The molecule has 5 heteroatoms. The highest BCUT2D eigenvalue weighted by molar-refractivity contribution is 5.75. The molecular formula is C12H18FN3O. The van der Waals surface area contributed by atoms with Crippen LogP contribution in [0.15, 0.2) is 18.2 Å². The van der Waals surface area contributed by atoms with Crippen molar-refractivity contribution in [2.45, 2.75) is 20.0 Å². The summed E-state index contributed by atoms with van der Waals surface area (Å²) in [5.74, 6) is -0.665. The van der Waals surface area contributed by atoms with Crippen LogP contribution >= 0.6 is 0 Å². The van der Waals surface area contributed by atoms with Gasteiger partial charge < -0.3 is 11.5 Å². The molecule has 0 aliphatic heterocycles. The predicted molar refractivity (Wildman–Crippen MR) is 64.4 cm³/mol. The van der Waals surface area contributed by atoms with Gasteiger partial charge in [0.25, 0.3) is 0 Å².